The van der Waals surface area contributed by atoms with Gasteiger partial charge in [-0.2, -0.15) is 5.26 Å². The molecule has 3 saturated heterocycles. The van der Waals surface area contributed by atoms with Gasteiger partial charge in [0.2, 0.25) is 11.8 Å². The van der Waals surface area contributed by atoms with Crippen molar-refractivity contribution in [2.24, 2.45) is 0 Å². The Balaban J connectivity index is 0.781. The first-order chi connectivity index (χ1) is 28.6. The third kappa shape index (κ3) is 8.38. The van der Waals surface area contributed by atoms with Crippen LogP contribution in [-0.4, -0.2) is 109 Å². The van der Waals surface area contributed by atoms with E-state index in [0.29, 0.717) is 39.4 Å². The van der Waals surface area contributed by atoms with Crippen molar-refractivity contribution in [3.63, 3.8) is 0 Å². The van der Waals surface area contributed by atoms with Gasteiger partial charge >= 0.3 is 0 Å². The van der Waals surface area contributed by atoms with Crippen molar-refractivity contribution in [3.8, 4) is 6.07 Å². The zero-order valence-corrected chi connectivity index (χ0v) is 34.3. The van der Waals surface area contributed by atoms with Crippen molar-refractivity contribution in [2.45, 2.75) is 88.9 Å². The second-order valence-electron chi connectivity index (χ2n) is 16.4. The molecule has 0 radical (unpaired) electrons. The molecule has 0 spiro atoms. The van der Waals surface area contributed by atoms with E-state index in [4.69, 9.17) is 11.6 Å². The van der Waals surface area contributed by atoms with Crippen LogP contribution in [0.1, 0.15) is 101 Å². The first-order valence-electron chi connectivity index (χ1n) is 21.1. The molecule has 3 aromatic rings. The number of benzene rings is 3. The van der Waals surface area contributed by atoms with E-state index < -0.39 is 29.7 Å². The molecule has 13 nitrogen and oxygen atoms in total. The van der Waals surface area contributed by atoms with Crippen LogP contribution in [0.25, 0.3) is 0 Å². The maximum Gasteiger partial charge on any atom is 0.262 e. The molecule has 0 aromatic heterocycles. The van der Waals surface area contributed by atoms with Gasteiger partial charge in [0.05, 0.1) is 21.7 Å². The number of carbonyl (C=O) groups excluding carboxylic acids is 5. The standard InChI is InChI=1S/C45H51ClN8O5/c1-2-19-53(36-10-5-30(28-47)39(46)27-36)34-11-6-31(7-12-34)48-42(56)29-3-8-32(9-4-29)50-20-17-33(18-21-50)51-22-24-52(25-23-51)35-13-14-37-38(26-35)45(59)54(44(37)58)40-15-16-41(55)49-43(40)57/h3-5,8-10,13-14,26-27,31,33-34,40H,2,6-7,11-12,15-25H2,1H3,(H,48,56)(H,49,55,57). The van der Waals surface area contributed by atoms with Crippen LogP contribution >= 0.6 is 11.6 Å². The summed E-state index contributed by atoms with van der Waals surface area (Å²) in [5.41, 5.74) is 4.82. The van der Waals surface area contributed by atoms with E-state index in [9.17, 15) is 29.2 Å². The number of halogens is 1. The molecule has 4 aliphatic heterocycles. The number of fused-ring (bicyclic) bond motifs is 1. The summed E-state index contributed by atoms with van der Waals surface area (Å²) in [6.07, 6.45) is 7.09. The molecule has 1 aliphatic carbocycles. The third-order valence-electron chi connectivity index (χ3n) is 12.9. The van der Waals surface area contributed by atoms with Gasteiger partial charge in [-0.3, -0.25) is 39.1 Å². The Hall–Kier alpha value is -5.45. The zero-order chi connectivity index (χ0) is 41.2. The van der Waals surface area contributed by atoms with E-state index in [2.05, 4.69) is 55.4 Å². The minimum absolute atomic E-state index is 0.0312. The number of carbonyl (C=O) groups is 5. The molecule has 1 saturated carbocycles. The SMILES string of the molecule is CCCN(c1ccc(C#N)c(Cl)c1)C1CCC(NC(=O)c2ccc(N3CCC(N4CCN(c5ccc6c(c5)C(=O)N(C5CCC(=O)NC5=O)C6=O)CC4)CC3)cc2)CC1. The molecule has 2 N–H and O–H groups in total. The van der Waals surface area contributed by atoms with Crippen molar-refractivity contribution < 1.29 is 24.0 Å². The summed E-state index contributed by atoms with van der Waals surface area (Å²) in [5, 5.41) is 15.3. The number of nitrogens with zero attached hydrogens (tertiary/aromatic N) is 6. The van der Waals surface area contributed by atoms with Gasteiger partial charge in [0.25, 0.3) is 17.7 Å². The topological polar surface area (TPSA) is 149 Å². The summed E-state index contributed by atoms with van der Waals surface area (Å²) in [7, 11) is 0. The highest BCUT2D eigenvalue weighted by atomic mass is 35.5. The molecule has 8 rings (SSSR count). The van der Waals surface area contributed by atoms with Gasteiger partial charge < -0.3 is 20.0 Å². The molecule has 308 valence electrons. The Bertz CT molecular complexity index is 2150. The van der Waals surface area contributed by atoms with Gasteiger partial charge in [-0.1, -0.05) is 18.5 Å². The Morgan fingerprint density at radius 1 is 0.814 bits per heavy atom. The molecule has 4 fully saturated rings. The van der Waals surface area contributed by atoms with Gasteiger partial charge in [0.1, 0.15) is 12.1 Å². The minimum Gasteiger partial charge on any atom is -0.371 e. The fourth-order valence-corrected chi connectivity index (χ4v) is 9.87. The maximum atomic E-state index is 13.4. The number of nitriles is 1. The van der Waals surface area contributed by atoms with Gasteiger partial charge in [-0.25, -0.2) is 0 Å². The van der Waals surface area contributed by atoms with Crippen molar-refractivity contribution in [1.82, 2.24) is 20.4 Å². The summed E-state index contributed by atoms with van der Waals surface area (Å²) in [4.78, 5) is 74.5. The highest BCUT2D eigenvalue weighted by molar-refractivity contribution is 6.32. The van der Waals surface area contributed by atoms with E-state index in [1.807, 2.05) is 30.3 Å². The molecule has 5 amide bonds. The maximum absolute atomic E-state index is 13.4. The fourth-order valence-electron chi connectivity index (χ4n) is 9.65. The Kier molecular flexibility index (Phi) is 11.9. The lowest BCUT2D eigenvalue weighted by atomic mass is 9.89. The number of anilines is 3. The fraction of sp³-hybridized carbons (Fsp3) is 0.467. The lowest BCUT2D eigenvalue weighted by molar-refractivity contribution is -0.136. The molecule has 4 heterocycles. The smallest absolute Gasteiger partial charge is 0.262 e. The number of imide groups is 2. The molecule has 5 aliphatic rings. The van der Waals surface area contributed by atoms with Gasteiger partial charge in [0.15, 0.2) is 0 Å². The zero-order valence-electron chi connectivity index (χ0n) is 33.5. The van der Waals surface area contributed by atoms with Crippen molar-refractivity contribution in [3.05, 3.63) is 87.9 Å². The molecular weight excluding hydrogens is 768 g/mol. The van der Waals surface area contributed by atoms with E-state index in [1.54, 1.807) is 18.2 Å². The highest BCUT2D eigenvalue weighted by Crippen LogP contribution is 2.33. The second kappa shape index (κ2) is 17.4. The molecular formula is C45H51ClN8O5. The molecule has 59 heavy (non-hydrogen) atoms. The van der Waals surface area contributed by atoms with Crippen LogP contribution in [0.2, 0.25) is 5.02 Å². The predicted octanol–water partition coefficient (Wildman–Crippen LogP) is 5.36. The van der Waals surface area contributed by atoms with E-state index in [1.165, 1.54) is 0 Å². The molecule has 1 unspecified atom stereocenters. The number of piperazine rings is 1. The van der Waals surface area contributed by atoms with E-state index in [-0.39, 0.29) is 24.8 Å². The van der Waals surface area contributed by atoms with E-state index >= 15 is 0 Å². The van der Waals surface area contributed by atoms with Crippen LogP contribution in [0.3, 0.4) is 0 Å². The molecule has 1 atom stereocenters. The Morgan fingerprint density at radius 2 is 1.49 bits per heavy atom. The van der Waals surface area contributed by atoms with Crippen LogP contribution in [0.5, 0.6) is 0 Å². The van der Waals surface area contributed by atoms with Crippen LogP contribution < -0.4 is 25.3 Å². The van der Waals surface area contributed by atoms with Crippen LogP contribution in [0.15, 0.2) is 60.7 Å². The number of hydrogen-bond donors (Lipinski definition) is 2. The quantitative estimate of drug-likeness (QED) is 0.256. The number of amides is 5. The van der Waals surface area contributed by atoms with Crippen LogP contribution in [-0.2, 0) is 9.59 Å². The van der Waals surface area contributed by atoms with Gasteiger partial charge in [-0.15, -0.1) is 0 Å². The number of hydrogen-bond acceptors (Lipinski definition) is 10. The average Bonchev–Trinajstić information content (AvgIpc) is 3.51. The van der Waals surface area contributed by atoms with Crippen LogP contribution in [0.4, 0.5) is 17.1 Å². The average molecular weight is 819 g/mol. The summed E-state index contributed by atoms with van der Waals surface area (Å²) in [6, 6.07) is 21.2. The largest absolute Gasteiger partial charge is 0.371 e. The number of piperidine rings is 2. The second-order valence-corrected chi connectivity index (χ2v) is 16.8. The van der Waals surface area contributed by atoms with Crippen molar-refractivity contribution >= 4 is 58.2 Å². The normalized spacial score (nSPS) is 22.9. The Morgan fingerprint density at radius 3 is 2.15 bits per heavy atom. The molecule has 14 heteroatoms. The first-order valence-corrected chi connectivity index (χ1v) is 21.5. The highest BCUT2D eigenvalue weighted by Gasteiger charge is 2.45. The Labute approximate surface area is 350 Å². The van der Waals surface area contributed by atoms with Crippen molar-refractivity contribution in [1.29, 1.82) is 5.26 Å². The molecule has 3 aromatic carbocycles. The molecule has 0 bridgehead atoms. The summed E-state index contributed by atoms with van der Waals surface area (Å²) >= 11 is 6.37. The summed E-state index contributed by atoms with van der Waals surface area (Å²) in [5.74, 6) is -2.00. The summed E-state index contributed by atoms with van der Waals surface area (Å²) in [6.45, 7) is 8.35. The van der Waals surface area contributed by atoms with Gasteiger partial charge in [-0.05, 0) is 112 Å². The summed E-state index contributed by atoms with van der Waals surface area (Å²) < 4.78 is 0. The number of nitrogens with one attached hydrogen (secondary N) is 2. The predicted molar refractivity (Wildman–Crippen MR) is 226 cm³/mol. The van der Waals surface area contributed by atoms with E-state index in [0.717, 1.165) is 113 Å². The third-order valence-corrected chi connectivity index (χ3v) is 13.2. The lowest BCUT2D eigenvalue weighted by Gasteiger charge is -2.44. The van der Waals surface area contributed by atoms with Gasteiger partial charge in [0, 0.05) is 93.0 Å². The number of rotatable bonds is 10. The van der Waals surface area contributed by atoms with Crippen molar-refractivity contribution in [2.75, 3.05) is 60.5 Å². The first kappa shape index (κ1) is 40.3. The van der Waals surface area contributed by atoms with Crippen LogP contribution in [0, 0.1) is 11.3 Å². The lowest BCUT2D eigenvalue weighted by Crippen LogP contribution is -2.54. The minimum atomic E-state index is -0.974. The monoisotopic (exact) mass is 818 g/mol.